The van der Waals surface area contributed by atoms with Gasteiger partial charge in [-0.3, -0.25) is 4.79 Å². The second-order valence-electron chi connectivity index (χ2n) is 9.30. The molecule has 1 N–H and O–H groups in total. The molecule has 1 aromatic carbocycles. The van der Waals surface area contributed by atoms with Crippen molar-refractivity contribution in [2.75, 3.05) is 21.3 Å². The van der Waals surface area contributed by atoms with E-state index in [0.29, 0.717) is 22.7 Å². The van der Waals surface area contributed by atoms with Crippen LogP contribution in [0.3, 0.4) is 0 Å². The largest absolute Gasteiger partial charge is 0.493 e. The molecule has 1 amide bonds. The van der Waals surface area contributed by atoms with E-state index in [1.54, 1.807) is 33.5 Å². The summed E-state index contributed by atoms with van der Waals surface area (Å²) >= 11 is 0. The number of ether oxygens (including phenoxy) is 3. The molecule has 4 saturated carbocycles. The van der Waals surface area contributed by atoms with E-state index in [9.17, 15) is 4.79 Å². The highest BCUT2D eigenvalue weighted by atomic mass is 16.5. The lowest BCUT2D eigenvalue weighted by molar-refractivity contribution is -0.121. The van der Waals surface area contributed by atoms with Crippen LogP contribution >= 0.6 is 0 Å². The summed E-state index contributed by atoms with van der Waals surface area (Å²) in [7, 11) is 4.75. The van der Waals surface area contributed by atoms with Crippen molar-refractivity contribution in [3.8, 4) is 17.2 Å². The van der Waals surface area contributed by atoms with Crippen LogP contribution in [0.1, 0.15) is 51.0 Å². The molecule has 0 aromatic heterocycles. The molecular weight excluding hydrogens is 366 g/mol. The van der Waals surface area contributed by atoms with Crippen LogP contribution in [-0.2, 0) is 4.79 Å². The molecular formula is C24H33NO4. The number of amides is 1. The highest BCUT2D eigenvalue weighted by Gasteiger charge is 2.53. The van der Waals surface area contributed by atoms with E-state index in [-0.39, 0.29) is 11.9 Å². The van der Waals surface area contributed by atoms with E-state index in [2.05, 4.69) is 12.2 Å². The normalized spacial score (nSPS) is 31.0. The van der Waals surface area contributed by atoms with Crippen LogP contribution in [0.4, 0.5) is 0 Å². The number of nitrogens with one attached hydrogen (secondary N) is 1. The van der Waals surface area contributed by atoms with Crippen LogP contribution < -0.4 is 19.5 Å². The van der Waals surface area contributed by atoms with Crippen LogP contribution in [0.5, 0.6) is 17.2 Å². The SMILES string of the molecule is COc1cc(/C=C/C(=O)N[C@H](C)C23CC4CC(CC(C4)C2)C3)cc(OC)c1OC. The second kappa shape index (κ2) is 7.92. The van der Waals surface area contributed by atoms with Crippen molar-refractivity contribution in [2.24, 2.45) is 23.2 Å². The Hall–Kier alpha value is -2.17. The molecule has 5 rings (SSSR count). The Balaban J connectivity index is 1.44. The summed E-state index contributed by atoms with van der Waals surface area (Å²) in [6, 6.07) is 3.90. The molecule has 0 radical (unpaired) electrons. The van der Waals surface area contributed by atoms with Gasteiger partial charge in [0.05, 0.1) is 21.3 Å². The molecule has 158 valence electrons. The summed E-state index contributed by atoms with van der Waals surface area (Å²) in [6.45, 7) is 2.21. The molecule has 5 heteroatoms. The molecule has 4 bridgehead atoms. The van der Waals surface area contributed by atoms with Crippen molar-refractivity contribution in [3.63, 3.8) is 0 Å². The fraction of sp³-hybridized carbons (Fsp3) is 0.625. The molecule has 0 unspecified atom stereocenters. The highest BCUT2D eigenvalue weighted by Crippen LogP contribution is 2.61. The molecule has 0 saturated heterocycles. The van der Waals surface area contributed by atoms with Gasteiger partial charge in [-0.15, -0.1) is 0 Å². The molecule has 4 aliphatic carbocycles. The van der Waals surface area contributed by atoms with Crippen LogP contribution in [-0.4, -0.2) is 33.3 Å². The van der Waals surface area contributed by atoms with Crippen LogP contribution in [0, 0.1) is 23.2 Å². The first-order valence-corrected chi connectivity index (χ1v) is 10.7. The van der Waals surface area contributed by atoms with Crippen molar-refractivity contribution in [2.45, 2.75) is 51.5 Å². The van der Waals surface area contributed by atoms with Crippen LogP contribution in [0.2, 0.25) is 0 Å². The summed E-state index contributed by atoms with van der Waals surface area (Å²) < 4.78 is 16.1. The lowest BCUT2D eigenvalue weighted by atomic mass is 9.48. The van der Waals surface area contributed by atoms with E-state index < -0.39 is 0 Å². The predicted octanol–water partition coefficient (Wildman–Crippen LogP) is 4.45. The maximum atomic E-state index is 12.7. The molecule has 0 spiro atoms. The van der Waals surface area contributed by atoms with Gasteiger partial charge in [-0.1, -0.05) is 0 Å². The topological polar surface area (TPSA) is 56.8 Å². The third-order valence-electron chi connectivity index (χ3n) is 7.48. The Morgan fingerprint density at radius 2 is 1.52 bits per heavy atom. The Bertz CT molecular complexity index is 740. The van der Waals surface area contributed by atoms with Crippen LogP contribution in [0.15, 0.2) is 18.2 Å². The summed E-state index contributed by atoms with van der Waals surface area (Å²) in [4.78, 5) is 12.7. The first kappa shape index (κ1) is 20.1. The zero-order chi connectivity index (χ0) is 20.6. The zero-order valence-electron chi connectivity index (χ0n) is 18.0. The number of carbonyl (C=O) groups excluding carboxylic acids is 1. The Labute approximate surface area is 173 Å². The van der Waals surface area contributed by atoms with Gasteiger partial charge in [0.15, 0.2) is 11.5 Å². The smallest absolute Gasteiger partial charge is 0.244 e. The molecule has 1 aromatic rings. The third kappa shape index (κ3) is 3.84. The van der Waals surface area contributed by atoms with Crippen molar-refractivity contribution in [1.29, 1.82) is 0 Å². The lowest BCUT2D eigenvalue weighted by Crippen LogP contribution is -2.55. The fourth-order valence-electron chi connectivity index (χ4n) is 6.49. The Morgan fingerprint density at radius 3 is 1.97 bits per heavy atom. The van der Waals surface area contributed by atoms with Gasteiger partial charge in [0.1, 0.15) is 0 Å². The Kier molecular flexibility index (Phi) is 5.50. The highest BCUT2D eigenvalue weighted by molar-refractivity contribution is 5.92. The minimum absolute atomic E-state index is 0.0398. The van der Waals surface area contributed by atoms with Crippen molar-refractivity contribution in [3.05, 3.63) is 23.8 Å². The van der Waals surface area contributed by atoms with E-state index >= 15 is 0 Å². The van der Waals surface area contributed by atoms with Gasteiger partial charge in [-0.25, -0.2) is 0 Å². The summed E-state index contributed by atoms with van der Waals surface area (Å²) in [5.74, 6) is 4.32. The molecule has 29 heavy (non-hydrogen) atoms. The second-order valence-corrected chi connectivity index (χ2v) is 9.30. The average molecular weight is 400 g/mol. The number of hydrogen-bond acceptors (Lipinski definition) is 4. The number of benzene rings is 1. The minimum atomic E-state index is -0.0398. The van der Waals surface area contributed by atoms with Gasteiger partial charge < -0.3 is 19.5 Å². The van der Waals surface area contributed by atoms with E-state index in [0.717, 1.165) is 23.3 Å². The molecule has 1 atom stereocenters. The standard InChI is InChI=1S/C24H33NO4/c1-15(24-12-17-7-18(13-24)9-19(8-17)14-24)25-22(26)6-5-16-10-20(27-2)23(29-4)21(11-16)28-3/h5-6,10-11,15,17-19H,7-9,12-14H2,1-4H3,(H,25,26)/b6-5+/t15-,17?,18?,19?,24?/m1/s1. The quantitative estimate of drug-likeness (QED) is 0.689. The number of hydrogen-bond donors (Lipinski definition) is 1. The van der Waals surface area contributed by atoms with Gasteiger partial charge in [0.2, 0.25) is 11.7 Å². The first-order valence-electron chi connectivity index (χ1n) is 10.7. The van der Waals surface area contributed by atoms with Crippen molar-refractivity contribution in [1.82, 2.24) is 5.32 Å². The van der Waals surface area contributed by atoms with E-state index in [4.69, 9.17) is 14.2 Å². The lowest BCUT2D eigenvalue weighted by Gasteiger charge is -2.59. The van der Waals surface area contributed by atoms with Gasteiger partial charge >= 0.3 is 0 Å². The first-order chi connectivity index (χ1) is 14.0. The van der Waals surface area contributed by atoms with Crippen molar-refractivity contribution >= 4 is 12.0 Å². The third-order valence-corrected chi connectivity index (χ3v) is 7.48. The van der Waals surface area contributed by atoms with Crippen molar-refractivity contribution < 1.29 is 19.0 Å². The average Bonchev–Trinajstić information content (AvgIpc) is 2.70. The van der Waals surface area contributed by atoms with E-state index in [1.807, 2.05) is 12.1 Å². The number of carbonyl (C=O) groups is 1. The van der Waals surface area contributed by atoms with Gasteiger partial charge in [-0.05, 0) is 92.4 Å². The predicted molar refractivity (Wildman–Crippen MR) is 113 cm³/mol. The molecule has 0 aliphatic heterocycles. The monoisotopic (exact) mass is 399 g/mol. The number of methoxy groups -OCH3 is 3. The van der Waals surface area contributed by atoms with Gasteiger partial charge in [0.25, 0.3) is 0 Å². The molecule has 4 fully saturated rings. The summed E-state index contributed by atoms with van der Waals surface area (Å²) in [6.07, 6.45) is 11.5. The summed E-state index contributed by atoms with van der Waals surface area (Å²) in [5, 5.41) is 3.27. The zero-order valence-corrected chi connectivity index (χ0v) is 18.0. The summed E-state index contributed by atoms with van der Waals surface area (Å²) in [5.41, 5.74) is 1.14. The minimum Gasteiger partial charge on any atom is -0.493 e. The molecule has 4 aliphatic rings. The van der Waals surface area contributed by atoms with Gasteiger partial charge in [-0.2, -0.15) is 0 Å². The number of rotatable bonds is 7. The van der Waals surface area contributed by atoms with Crippen LogP contribution in [0.25, 0.3) is 6.08 Å². The fourth-order valence-corrected chi connectivity index (χ4v) is 6.49. The van der Waals surface area contributed by atoms with Gasteiger partial charge in [0, 0.05) is 12.1 Å². The van der Waals surface area contributed by atoms with E-state index in [1.165, 1.54) is 38.5 Å². The maximum absolute atomic E-state index is 12.7. The Morgan fingerprint density at radius 1 is 1.00 bits per heavy atom. The maximum Gasteiger partial charge on any atom is 0.244 e. The molecule has 5 nitrogen and oxygen atoms in total. The molecule has 0 heterocycles.